The average molecular weight is 492 g/mol. The van der Waals surface area contributed by atoms with E-state index >= 15 is 0 Å². The highest BCUT2D eigenvalue weighted by Gasteiger charge is 2.45. The number of fused-ring (bicyclic) bond motifs is 1. The van der Waals surface area contributed by atoms with Gasteiger partial charge in [0.2, 0.25) is 5.91 Å². The number of carbonyl (C=O) groups excluding carboxylic acids is 2. The number of nitrogens with one attached hydrogen (secondary N) is 1. The summed E-state index contributed by atoms with van der Waals surface area (Å²) in [5.41, 5.74) is 5.04. The van der Waals surface area contributed by atoms with Crippen LogP contribution < -0.4 is 0 Å². The molecule has 1 aromatic heterocycles. The fourth-order valence-corrected chi connectivity index (χ4v) is 4.87. The molecule has 164 valence electrons. The number of aromatic nitrogens is 1. The van der Waals surface area contributed by atoms with Gasteiger partial charge >= 0.3 is 0 Å². The normalized spacial score (nSPS) is 20.2. The number of nitrogens with zero attached hydrogens (tertiary/aromatic N) is 2. The third-order valence-electron chi connectivity index (χ3n) is 6.50. The Morgan fingerprint density at radius 2 is 1.88 bits per heavy atom. The molecule has 1 N–H and O–H groups in total. The molecule has 2 amide bonds. The summed E-state index contributed by atoms with van der Waals surface area (Å²) in [7, 11) is 3.50. The van der Waals surface area contributed by atoms with Gasteiger partial charge in [0.25, 0.3) is 5.91 Å². The molecular formula is C26H26BrN3O2. The largest absolute Gasteiger partial charge is 0.351 e. The number of rotatable bonds is 4. The van der Waals surface area contributed by atoms with Crippen LogP contribution in [0.3, 0.4) is 0 Å². The summed E-state index contributed by atoms with van der Waals surface area (Å²) in [6, 6.07) is 16.4. The Morgan fingerprint density at radius 3 is 2.62 bits per heavy atom. The van der Waals surface area contributed by atoms with Crippen molar-refractivity contribution in [1.29, 1.82) is 0 Å². The molecule has 3 aromatic rings. The van der Waals surface area contributed by atoms with E-state index in [9.17, 15) is 9.59 Å². The minimum atomic E-state index is -0.0406. The molecule has 2 aromatic carbocycles. The van der Waals surface area contributed by atoms with Crippen molar-refractivity contribution in [3.8, 4) is 0 Å². The van der Waals surface area contributed by atoms with Crippen molar-refractivity contribution < 1.29 is 9.59 Å². The lowest BCUT2D eigenvalue weighted by Gasteiger charge is -2.28. The Kier molecular flexibility index (Phi) is 5.41. The molecule has 0 unspecified atom stereocenters. The molecule has 1 aliphatic carbocycles. The predicted molar refractivity (Wildman–Crippen MR) is 130 cm³/mol. The van der Waals surface area contributed by atoms with Crippen molar-refractivity contribution in [3.63, 3.8) is 0 Å². The highest BCUT2D eigenvalue weighted by molar-refractivity contribution is 9.10. The molecule has 2 atom stereocenters. The molecule has 1 fully saturated rings. The topological polar surface area (TPSA) is 56.4 Å². The van der Waals surface area contributed by atoms with Gasteiger partial charge in [-0.1, -0.05) is 46.3 Å². The first-order chi connectivity index (χ1) is 15.4. The van der Waals surface area contributed by atoms with Crippen LogP contribution in [0.15, 0.2) is 59.1 Å². The van der Waals surface area contributed by atoms with Gasteiger partial charge in [-0.3, -0.25) is 9.59 Å². The summed E-state index contributed by atoms with van der Waals surface area (Å²) >= 11 is 3.48. The van der Waals surface area contributed by atoms with Crippen LogP contribution in [-0.2, 0) is 4.79 Å². The first-order valence-corrected chi connectivity index (χ1v) is 11.8. The maximum Gasteiger partial charge on any atom is 0.269 e. The molecule has 5 rings (SSSR count). The predicted octanol–water partition coefficient (Wildman–Crippen LogP) is 5.05. The minimum absolute atomic E-state index is 0.0406. The summed E-state index contributed by atoms with van der Waals surface area (Å²) < 4.78 is 1.06. The fraction of sp³-hybridized carbons (Fsp3) is 0.308. The van der Waals surface area contributed by atoms with Crippen LogP contribution >= 0.6 is 15.9 Å². The van der Waals surface area contributed by atoms with Crippen LogP contribution in [0.5, 0.6) is 0 Å². The average Bonchev–Trinajstić information content (AvgIpc) is 3.48. The molecule has 0 radical (unpaired) electrons. The standard InChI is InChI=1S/C26H26BrN3O2/c1-29(2)26(32)24-13-18-6-5-17(12-23(18)28-24)19-4-3-11-30(15-19)25(31)22-14-21(22)16-7-9-20(27)10-8-16/h4-10,12-13,21-22,28H,3,11,14-15H2,1-2H3/t21-,22+/m0/s1. The lowest BCUT2D eigenvalue weighted by atomic mass is 9.99. The van der Waals surface area contributed by atoms with E-state index in [0.717, 1.165) is 40.3 Å². The smallest absolute Gasteiger partial charge is 0.269 e. The van der Waals surface area contributed by atoms with E-state index in [2.05, 4.69) is 51.3 Å². The Labute approximate surface area is 196 Å². The van der Waals surface area contributed by atoms with Crippen molar-refractivity contribution in [2.75, 3.05) is 27.2 Å². The van der Waals surface area contributed by atoms with E-state index in [4.69, 9.17) is 0 Å². The first-order valence-electron chi connectivity index (χ1n) is 11.0. The molecule has 6 heteroatoms. The molecule has 0 bridgehead atoms. The molecule has 2 heterocycles. The second-order valence-corrected chi connectivity index (χ2v) is 9.88. The van der Waals surface area contributed by atoms with Crippen LogP contribution in [0, 0.1) is 5.92 Å². The zero-order valence-corrected chi connectivity index (χ0v) is 19.9. The molecule has 32 heavy (non-hydrogen) atoms. The molecule has 2 aliphatic rings. The zero-order valence-electron chi connectivity index (χ0n) is 18.3. The van der Waals surface area contributed by atoms with Gasteiger partial charge in [0.1, 0.15) is 5.69 Å². The number of hydrogen-bond acceptors (Lipinski definition) is 2. The Hall–Kier alpha value is -2.86. The summed E-state index contributed by atoms with van der Waals surface area (Å²) in [5, 5.41) is 1.01. The summed E-state index contributed by atoms with van der Waals surface area (Å²) in [6.07, 6.45) is 4.04. The fourth-order valence-electron chi connectivity index (χ4n) is 4.60. The molecular weight excluding hydrogens is 466 g/mol. The second kappa shape index (κ2) is 8.24. The Balaban J connectivity index is 1.30. The summed E-state index contributed by atoms with van der Waals surface area (Å²) in [6.45, 7) is 1.41. The summed E-state index contributed by atoms with van der Waals surface area (Å²) in [4.78, 5) is 32.3. The van der Waals surface area contributed by atoms with Crippen molar-refractivity contribution in [3.05, 3.63) is 75.9 Å². The molecule has 1 saturated carbocycles. The SMILES string of the molecule is CN(C)C(=O)c1cc2ccc(C3=CCCN(C(=O)[C@@H]4C[C@H]4c4ccc(Br)cc4)C3)cc2[nH]1. The third kappa shape index (κ3) is 3.99. The highest BCUT2D eigenvalue weighted by Crippen LogP contribution is 2.49. The lowest BCUT2D eigenvalue weighted by molar-refractivity contribution is -0.132. The molecule has 1 aliphatic heterocycles. The zero-order chi connectivity index (χ0) is 22.4. The third-order valence-corrected chi connectivity index (χ3v) is 7.03. The second-order valence-electron chi connectivity index (χ2n) is 8.96. The van der Waals surface area contributed by atoms with Crippen molar-refractivity contribution in [1.82, 2.24) is 14.8 Å². The van der Waals surface area contributed by atoms with E-state index in [1.54, 1.807) is 19.0 Å². The van der Waals surface area contributed by atoms with Gasteiger partial charge < -0.3 is 14.8 Å². The number of halogens is 1. The Morgan fingerprint density at radius 1 is 1.09 bits per heavy atom. The van der Waals surface area contributed by atoms with Crippen LogP contribution in [-0.4, -0.2) is 53.8 Å². The van der Waals surface area contributed by atoms with Gasteiger partial charge in [0.15, 0.2) is 0 Å². The quantitative estimate of drug-likeness (QED) is 0.554. The number of hydrogen-bond donors (Lipinski definition) is 1. The Bertz CT molecular complexity index is 1230. The number of aromatic amines is 1. The van der Waals surface area contributed by atoms with Crippen molar-refractivity contribution in [2.24, 2.45) is 5.92 Å². The van der Waals surface area contributed by atoms with E-state index < -0.39 is 0 Å². The van der Waals surface area contributed by atoms with Gasteiger partial charge in [-0.15, -0.1) is 0 Å². The van der Waals surface area contributed by atoms with Gasteiger partial charge in [0.05, 0.1) is 0 Å². The molecule has 0 saturated heterocycles. The van der Waals surface area contributed by atoms with Crippen LogP contribution in [0.25, 0.3) is 16.5 Å². The van der Waals surface area contributed by atoms with E-state index in [-0.39, 0.29) is 17.7 Å². The molecule has 0 spiro atoms. The van der Waals surface area contributed by atoms with E-state index in [1.807, 2.05) is 29.2 Å². The van der Waals surface area contributed by atoms with E-state index in [0.29, 0.717) is 18.2 Å². The molecule has 5 nitrogen and oxygen atoms in total. The summed E-state index contributed by atoms with van der Waals surface area (Å²) in [5.74, 6) is 0.665. The maximum absolute atomic E-state index is 13.2. The number of H-pyrrole nitrogens is 1. The number of amides is 2. The first kappa shape index (κ1) is 21.0. The van der Waals surface area contributed by atoms with Crippen LogP contribution in [0.4, 0.5) is 0 Å². The van der Waals surface area contributed by atoms with Crippen LogP contribution in [0.1, 0.15) is 40.4 Å². The number of carbonyl (C=O) groups is 2. The lowest BCUT2D eigenvalue weighted by Crippen LogP contribution is -2.36. The highest BCUT2D eigenvalue weighted by atomic mass is 79.9. The van der Waals surface area contributed by atoms with Crippen molar-refractivity contribution in [2.45, 2.75) is 18.8 Å². The van der Waals surface area contributed by atoms with Crippen molar-refractivity contribution >= 4 is 44.2 Å². The minimum Gasteiger partial charge on any atom is -0.351 e. The van der Waals surface area contributed by atoms with Gasteiger partial charge in [0, 0.05) is 48.5 Å². The number of benzene rings is 2. The van der Waals surface area contributed by atoms with Gasteiger partial charge in [-0.2, -0.15) is 0 Å². The van der Waals surface area contributed by atoms with Gasteiger partial charge in [-0.25, -0.2) is 0 Å². The maximum atomic E-state index is 13.2. The van der Waals surface area contributed by atoms with Gasteiger partial charge in [-0.05, 0) is 59.7 Å². The monoisotopic (exact) mass is 491 g/mol. The van der Waals surface area contributed by atoms with Crippen LogP contribution in [0.2, 0.25) is 0 Å². The van der Waals surface area contributed by atoms with E-state index in [1.165, 1.54) is 11.1 Å².